The Balaban J connectivity index is 1.28. The third kappa shape index (κ3) is 4.67. The van der Waals surface area contributed by atoms with Crippen molar-refractivity contribution in [3.63, 3.8) is 0 Å². The molecule has 0 saturated carbocycles. The number of unbranched alkanes of at least 4 members (excludes halogenated alkanes) is 1. The summed E-state index contributed by atoms with van der Waals surface area (Å²) in [4.78, 5) is 19.5. The van der Waals surface area contributed by atoms with E-state index in [1.165, 1.54) is 17.7 Å². The summed E-state index contributed by atoms with van der Waals surface area (Å²) >= 11 is 0. The van der Waals surface area contributed by atoms with E-state index >= 15 is 0 Å². The van der Waals surface area contributed by atoms with Crippen LogP contribution in [0, 0.1) is 12.7 Å². The highest BCUT2D eigenvalue weighted by atomic mass is 19.1. The zero-order valence-corrected chi connectivity index (χ0v) is 19.3. The summed E-state index contributed by atoms with van der Waals surface area (Å²) in [5.74, 6) is 1.57. The molecule has 6 heteroatoms. The minimum Gasteiger partial charge on any atom is -0.494 e. The summed E-state index contributed by atoms with van der Waals surface area (Å²) < 4.78 is 21.5. The van der Waals surface area contributed by atoms with Crippen LogP contribution in [0.25, 0.3) is 11.0 Å². The molecule has 1 fully saturated rings. The molecule has 1 saturated heterocycles. The van der Waals surface area contributed by atoms with Gasteiger partial charge in [-0.15, -0.1) is 0 Å². The van der Waals surface area contributed by atoms with E-state index in [0.717, 1.165) is 47.7 Å². The second-order valence-corrected chi connectivity index (χ2v) is 8.86. The Hall–Kier alpha value is -3.67. The predicted octanol–water partition coefficient (Wildman–Crippen LogP) is 5.86. The summed E-state index contributed by atoms with van der Waals surface area (Å²) in [7, 11) is 0. The maximum absolute atomic E-state index is 13.3. The molecule has 2 heterocycles. The van der Waals surface area contributed by atoms with Gasteiger partial charge in [0, 0.05) is 31.1 Å². The first-order chi connectivity index (χ1) is 16.6. The minimum atomic E-state index is -0.305. The molecular formula is C28H28FN3O2. The Morgan fingerprint density at radius 1 is 1.00 bits per heavy atom. The normalized spacial score (nSPS) is 15.9. The largest absolute Gasteiger partial charge is 0.494 e. The van der Waals surface area contributed by atoms with Crippen molar-refractivity contribution in [3.8, 4) is 5.75 Å². The van der Waals surface area contributed by atoms with Gasteiger partial charge in [-0.2, -0.15) is 0 Å². The molecule has 1 aliphatic rings. The van der Waals surface area contributed by atoms with Crippen LogP contribution in [0.1, 0.15) is 36.6 Å². The van der Waals surface area contributed by atoms with E-state index in [1.807, 2.05) is 30.3 Å². The SMILES string of the molecule is Cc1ccc(OCCCCn2c([C@@H]3CC(=O)N(c4ccc(F)cc4)C3)nc3ccccc32)cc1. The number of fused-ring (bicyclic) bond motifs is 1. The quantitative estimate of drug-likeness (QED) is 0.311. The monoisotopic (exact) mass is 457 g/mol. The van der Waals surface area contributed by atoms with Gasteiger partial charge in [0.15, 0.2) is 0 Å². The van der Waals surface area contributed by atoms with Gasteiger partial charge in [-0.25, -0.2) is 9.37 Å². The van der Waals surface area contributed by atoms with Gasteiger partial charge in [0.1, 0.15) is 17.4 Å². The predicted molar refractivity (Wildman–Crippen MR) is 132 cm³/mol. The van der Waals surface area contributed by atoms with E-state index in [9.17, 15) is 9.18 Å². The molecule has 0 bridgehead atoms. The van der Waals surface area contributed by atoms with E-state index in [1.54, 1.807) is 17.0 Å². The molecule has 5 rings (SSSR count). The zero-order chi connectivity index (χ0) is 23.5. The highest BCUT2D eigenvalue weighted by molar-refractivity contribution is 5.96. The maximum Gasteiger partial charge on any atom is 0.227 e. The van der Waals surface area contributed by atoms with Crippen LogP contribution in [-0.2, 0) is 11.3 Å². The fraction of sp³-hybridized carbons (Fsp3) is 0.286. The Labute approximate surface area is 198 Å². The number of imidazole rings is 1. The number of anilines is 1. The van der Waals surface area contributed by atoms with E-state index in [-0.39, 0.29) is 17.6 Å². The number of para-hydroxylation sites is 2. The van der Waals surface area contributed by atoms with Crippen molar-refractivity contribution >= 4 is 22.6 Å². The fourth-order valence-corrected chi connectivity index (χ4v) is 4.59. The molecule has 0 unspecified atom stereocenters. The molecule has 174 valence electrons. The summed E-state index contributed by atoms with van der Waals surface area (Å²) in [6, 6.07) is 22.3. The van der Waals surface area contributed by atoms with Gasteiger partial charge in [0.2, 0.25) is 5.91 Å². The average Bonchev–Trinajstić information content (AvgIpc) is 3.41. The van der Waals surface area contributed by atoms with Crippen LogP contribution in [0.2, 0.25) is 0 Å². The number of amides is 1. The average molecular weight is 458 g/mol. The zero-order valence-electron chi connectivity index (χ0n) is 19.3. The molecule has 1 atom stereocenters. The number of halogens is 1. The lowest BCUT2D eigenvalue weighted by molar-refractivity contribution is -0.117. The summed E-state index contributed by atoms with van der Waals surface area (Å²) in [5.41, 5.74) is 3.98. The Morgan fingerprint density at radius 2 is 1.76 bits per heavy atom. The Bertz CT molecular complexity index is 1280. The smallest absolute Gasteiger partial charge is 0.227 e. The second-order valence-electron chi connectivity index (χ2n) is 8.86. The lowest BCUT2D eigenvalue weighted by Gasteiger charge is -2.17. The van der Waals surface area contributed by atoms with Crippen LogP contribution < -0.4 is 9.64 Å². The third-order valence-electron chi connectivity index (χ3n) is 6.38. The standard InChI is InChI=1S/C28H28FN3O2/c1-20-8-14-24(15-9-20)34-17-5-4-16-31-26-7-3-2-6-25(26)30-28(31)21-18-27(33)32(19-21)23-12-10-22(29)11-13-23/h2-3,6-15,21H,4-5,16-19H2,1H3/t21-/m1/s1. The van der Waals surface area contributed by atoms with Crippen LogP contribution in [0.4, 0.5) is 10.1 Å². The Morgan fingerprint density at radius 3 is 2.56 bits per heavy atom. The van der Waals surface area contributed by atoms with Crippen LogP contribution in [0.15, 0.2) is 72.8 Å². The topological polar surface area (TPSA) is 47.4 Å². The number of aryl methyl sites for hydroxylation is 2. The lowest BCUT2D eigenvalue weighted by atomic mass is 10.1. The van der Waals surface area contributed by atoms with Crippen molar-refractivity contribution in [3.05, 3.63) is 90.0 Å². The highest BCUT2D eigenvalue weighted by Gasteiger charge is 2.34. The number of carbonyl (C=O) groups excluding carboxylic acids is 1. The highest BCUT2D eigenvalue weighted by Crippen LogP contribution is 2.33. The fourth-order valence-electron chi connectivity index (χ4n) is 4.59. The van der Waals surface area contributed by atoms with Crippen molar-refractivity contribution < 1.29 is 13.9 Å². The van der Waals surface area contributed by atoms with E-state index in [2.05, 4.69) is 29.7 Å². The van der Waals surface area contributed by atoms with E-state index in [0.29, 0.717) is 19.6 Å². The number of hydrogen-bond acceptors (Lipinski definition) is 3. The maximum atomic E-state index is 13.3. The van der Waals surface area contributed by atoms with Gasteiger partial charge in [-0.3, -0.25) is 4.79 Å². The first-order valence-electron chi connectivity index (χ1n) is 11.8. The molecule has 5 nitrogen and oxygen atoms in total. The molecule has 0 aliphatic carbocycles. The minimum absolute atomic E-state index is 0.00578. The number of aromatic nitrogens is 2. The van der Waals surface area contributed by atoms with Crippen molar-refractivity contribution in [2.45, 2.75) is 38.6 Å². The van der Waals surface area contributed by atoms with E-state index in [4.69, 9.17) is 9.72 Å². The number of hydrogen-bond donors (Lipinski definition) is 0. The van der Waals surface area contributed by atoms with Crippen LogP contribution >= 0.6 is 0 Å². The molecule has 34 heavy (non-hydrogen) atoms. The number of benzene rings is 3. The molecule has 3 aromatic carbocycles. The number of nitrogens with zero attached hydrogens (tertiary/aromatic N) is 3. The van der Waals surface area contributed by atoms with Gasteiger partial charge in [-0.1, -0.05) is 29.8 Å². The molecule has 0 N–H and O–H groups in total. The molecule has 4 aromatic rings. The summed E-state index contributed by atoms with van der Waals surface area (Å²) in [5, 5.41) is 0. The van der Waals surface area contributed by atoms with Gasteiger partial charge in [-0.05, 0) is 68.3 Å². The van der Waals surface area contributed by atoms with Crippen molar-refractivity contribution in [2.24, 2.45) is 0 Å². The van der Waals surface area contributed by atoms with Crippen LogP contribution in [0.3, 0.4) is 0 Å². The van der Waals surface area contributed by atoms with Crippen molar-refractivity contribution in [1.29, 1.82) is 0 Å². The van der Waals surface area contributed by atoms with Gasteiger partial charge in [0.25, 0.3) is 0 Å². The molecule has 1 aromatic heterocycles. The molecule has 0 radical (unpaired) electrons. The van der Waals surface area contributed by atoms with Crippen molar-refractivity contribution in [1.82, 2.24) is 9.55 Å². The molecular weight excluding hydrogens is 429 g/mol. The number of ether oxygens (including phenoxy) is 1. The summed E-state index contributed by atoms with van der Waals surface area (Å²) in [6.07, 6.45) is 2.27. The molecule has 0 spiro atoms. The van der Waals surface area contributed by atoms with Gasteiger partial charge in [0.05, 0.1) is 17.6 Å². The third-order valence-corrected chi connectivity index (χ3v) is 6.38. The van der Waals surface area contributed by atoms with Crippen LogP contribution in [-0.4, -0.2) is 28.6 Å². The van der Waals surface area contributed by atoms with Crippen molar-refractivity contribution in [2.75, 3.05) is 18.1 Å². The number of rotatable bonds is 8. The molecule has 1 amide bonds. The second kappa shape index (κ2) is 9.67. The van der Waals surface area contributed by atoms with Gasteiger partial charge < -0.3 is 14.2 Å². The number of carbonyl (C=O) groups is 1. The Kier molecular flexibility index (Phi) is 6.30. The van der Waals surface area contributed by atoms with Crippen LogP contribution in [0.5, 0.6) is 5.75 Å². The summed E-state index contributed by atoms with van der Waals surface area (Å²) in [6.45, 7) is 4.08. The first-order valence-corrected chi connectivity index (χ1v) is 11.8. The van der Waals surface area contributed by atoms with Gasteiger partial charge >= 0.3 is 0 Å². The lowest BCUT2D eigenvalue weighted by Crippen LogP contribution is -2.24. The molecule has 1 aliphatic heterocycles. The van der Waals surface area contributed by atoms with E-state index < -0.39 is 0 Å². The first kappa shape index (κ1) is 22.1.